The van der Waals surface area contributed by atoms with Crippen molar-refractivity contribution in [2.24, 2.45) is 10.2 Å². The van der Waals surface area contributed by atoms with Crippen molar-refractivity contribution in [2.45, 2.75) is 13.0 Å². The van der Waals surface area contributed by atoms with Crippen LogP contribution in [0.15, 0.2) is 34.5 Å². The fourth-order valence-corrected chi connectivity index (χ4v) is 1.17. The maximum Gasteiger partial charge on any atom is 0.340 e. The molecule has 0 amide bonds. The molecular weight excluding hydrogens is 254 g/mol. The highest BCUT2D eigenvalue weighted by Gasteiger charge is 2.23. The number of carbonyl (C=O) groups is 2. The van der Waals surface area contributed by atoms with Crippen molar-refractivity contribution in [1.82, 2.24) is 0 Å². The van der Waals surface area contributed by atoms with Crippen molar-refractivity contribution < 1.29 is 19.2 Å². The average molecular weight is 265 g/mol. The van der Waals surface area contributed by atoms with E-state index in [2.05, 4.69) is 15.0 Å². The van der Waals surface area contributed by atoms with Gasteiger partial charge in [-0.2, -0.15) is 10.2 Å². The number of rotatable bonds is 5. The summed E-state index contributed by atoms with van der Waals surface area (Å²) >= 11 is 0. The molecule has 19 heavy (non-hydrogen) atoms. The lowest BCUT2D eigenvalue weighted by atomic mass is 10.2. The van der Waals surface area contributed by atoms with Crippen molar-refractivity contribution >= 4 is 23.1 Å². The van der Waals surface area contributed by atoms with E-state index in [1.54, 1.807) is 0 Å². The van der Waals surface area contributed by atoms with E-state index in [4.69, 9.17) is 0 Å². The smallest absolute Gasteiger partial charge is 0.340 e. The summed E-state index contributed by atoms with van der Waals surface area (Å²) in [6.45, 7) is 1.19. The van der Waals surface area contributed by atoms with Crippen LogP contribution in [0, 0.1) is 10.1 Å². The highest BCUT2D eigenvalue weighted by atomic mass is 16.6. The van der Waals surface area contributed by atoms with E-state index in [1.807, 2.05) is 0 Å². The van der Waals surface area contributed by atoms with Gasteiger partial charge in [0, 0.05) is 12.1 Å². The van der Waals surface area contributed by atoms with E-state index in [0.29, 0.717) is 5.69 Å². The molecule has 0 saturated carbocycles. The molecule has 0 aliphatic heterocycles. The molecular formula is C11H11N3O5. The topological polar surface area (TPSA) is 111 Å². The van der Waals surface area contributed by atoms with Gasteiger partial charge in [0.1, 0.15) is 0 Å². The largest absolute Gasteiger partial charge is 0.467 e. The summed E-state index contributed by atoms with van der Waals surface area (Å²) in [6, 6.07) is 3.89. The van der Waals surface area contributed by atoms with Gasteiger partial charge in [0.05, 0.1) is 17.7 Å². The van der Waals surface area contributed by atoms with Gasteiger partial charge in [0.15, 0.2) is 5.78 Å². The molecule has 1 aromatic carbocycles. The fourth-order valence-electron chi connectivity index (χ4n) is 1.17. The van der Waals surface area contributed by atoms with E-state index in [-0.39, 0.29) is 5.69 Å². The molecule has 1 atom stereocenters. The van der Waals surface area contributed by atoms with Gasteiger partial charge in [-0.1, -0.05) is 0 Å². The molecule has 0 aromatic heterocycles. The number of nitro groups is 1. The summed E-state index contributed by atoms with van der Waals surface area (Å²) in [7, 11) is 1.14. The van der Waals surface area contributed by atoms with Crippen LogP contribution in [0.2, 0.25) is 0 Å². The monoisotopic (exact) mass is 265 g/mol. The first-order valence-corrected chi connectivity index (χ1v) is 5.19. The van der Waals surface area contributed by atoms with Crippen molar-refractivity contribution in [3.8, 4) is 0 Å². The number of benzene rings is 1. The molecule has 1 rings (SSSR count). The lowest BCUT2D eigenvalue weighted by molar-refractivity contribution is -0.384. The Morgan fingerprint density at radius 3 is 2.32 bits per heavy atom. The van der Waals surface area contributed by atoms with Crippen molar-refractivity contribution in [1.29, 1.82) is 0 Å². The number of esters is 1. The van der Waals surface area contributed by atoms with Gasteiger partial charge in [-0.15, -0.1) is 0 Å². The van der Waals surface area contributed by atoms with Crippen LogP contribution in [0.25, 0.3) is 0 Å². The molecule has 0 fully saturated rings. The third kappa shape index (κ3) is 3.95. The predicted octanol–water partition coefficient (Wildman–Crippen LogP) is 1.81. The van der Waals surface area contributed by atoms with Crippen LogP contribution < -0.4 is 0 Å². The molecule has 0 radical (unpaired) electrons. The zero-order valence-corrected chi connectivity index (χ0v) is 10.3. The molecule has 0 bridgehead atoms. The summed E-state index contributed by atoms with van der Waals surface area (Å²) in [5.74, 6) is -1.31. The molecule has 8 heteroatoms. The number of nitrogens with zero attached hydrogens (tertiary/aromatic N) is 3. The van der Waals surface area contributed by atoms with Gasteiger partial charge >= 0.3 is 5.97 Å². The summed E-state index contributed by atoms with van der Waals surface area (Å²) < 4.78 is 4.41. The van der Waals surface area contributed by atoms with Crippen molar-refractivity contribution in [3.05, 3.63) is 34.4 Å². The normalized spacial score (nSPS) is 12.1. The molecule has 1 unspecified atom stereocenters. The second-order valence-corrected chi connectivity index (χ2v) is 3.53. The number of carbonyl (C=O) groups excluding carboxylic acids is 2. The Labute approximate surface area is 108 Å². The summed E-state index contributed by atoms with van der Waals surface area (Å²) in [6.07, 6.45) is 0. The van der Waals surface area contributed by atoms with Gasteiger partial charge in [0.25, 0.3) is 5.69 Å². The third-order valence-electron chi connectivity index (χ3n) is 2.16. The first-order chi connectivity index (χ1) is 8.95. The minimum Gasteiger partial charge on any atom is -0.467 e. The number of hydrogen-bond acceptors (Lipinski definition) is 7. The van der Waals surface area contributed by atoms with Gasteiger partial charge in [-0.25, -0.2) is 4.79 Å². The van der Waals surface area contributed by atoms with E-state index < -0.39 is 22.7 Å². The zero-order valence-electron chi connectivity index (χ0n) is 10.3. The number of nitro benzene ring substituents is 1. The molecule has 0 saturated heterocycles. The number of methoxy groups -OCH3 is 1. The molecule has 0 N–H and O–H groups in total. The highest BCUT2D eigenvalue weighted by molar-refractivity contribution is 6.01. The van der Waals surface area contributed by atoms with E-state index in [9.17, 15) is 19.7 Å². The lowest BCUT2D eigenvalue weighted by Gasteiger charge is -2.04. The SMILES string of the molecule is COC(=O)C(N=Nc1ccc([N+](=O)[O-])cc1)C(C)=O. The van der Waals surface area contributed by atoms with Crippen LogP contribution in [0.1, 0.15) is 6.92 Å². The summed E-state index contributed by atoms with van der Waals surface area (Å²) in [5, 5.41) is 17.7. The summed E-state index contributed by atoms with van der Waals surface area (Å²) in [4.78, 5) is 32.3. The van der Waals surface area contributed by atoms with Crippen LogP contribution in [-0.2, 0) is 14.3 Å². The van der Waals surface area contributed by atoms with Gasteiger partial charge < -0.3 is 4.74 Å². The van der Waals surface area contributed by atoms with Crippen LogP contribution in [0.4, 0.5) is 11.4 Å². The Bertz CT molecular complexity index is 524. The Kier molecular flexibility index (Phi) is 4.81. The van der Waals surface area contributed by atoms with Crippen LogP contribution >= 0.6 is 0 Å². The number of azo groups is 1. The minimum absolute atomic E-state index is 0.0879. The van der Waals surface area contributed by atoms with Crippen molar-refractivity contribution in [3.63, 3.8) is 0 Å². The second kappa shape index (κ2) is 6.34. The molecule has 0 spiro atoms. The number of ketones is 1. The van der Waals surface area contributed by atoms with Gasteiger partial charge in [-0.3, -0.25) is 14.9 Å². The number of Topliss-reactive ketones (excluding diaryl/α,β-unsaturated/α-hetero) is 1. The third-order valence-corrected chi connectivity index (χ3v) is 2.16. The predicted molar refractivity (Wildman–Crippen MR) is 64.1 cm³/mol. The quantitative estimate of drug-likeness (QED) is 0.265. The molecule has 0 aliphatic carbocycles. The zero-order chi connectivity index (χ0) is 14.4. The highest BCUT2D eigenvalue weighted by Crippen LogP contribution is 2.18. The van der Waals surface area contributed by atoms with E-state index >= 15 is 0 Å². The Hall–Kier alpha value is -2.64. The van der Waals surface area contributed by atoms with Gasteiger partial charge in [-0.05, 0) is 19.1 Å². The number of hydrogen-bond donors (Lipinski definition) is 0. The molecule has 1 aromatic rings. The lowest BCUT2D eigenvalue weighted by Crippen LogP contribution is -2.26. The first-order valence-electron chi connectivity index (χ1n) is 5.19. The Balaban J connectivity index is 2.87. The van der Waals surface area contributed by atoms with Crippen LogP contribution in [-0.4, -0.2) is 29.8 Å². The maximum absolute atomic E-state index is 11.2. The Morgan fingerprint density at radius 1 is 1.32 bits per heavy atom. The average Bonchev–Trinajstić information content (AvgIpc) is 2.38. The number of non-ortho nitro benzene ring substituents is 1. The summed E-state index contributed by atoms with van der Waals surface area (Å²) in [5.41, 5.74) is 0.204. The first kappa shape index (κ1) is 14.4. The van der Waals surface area contributed by atoms with Crippen LogP contribution in [0.5, 0.6) is 0 Å². The van der Waals surface area contributed by atoms with E-state index in [1.165, 1.54) is 31.2 Å². The van der Waals surface area contributed by atoms with Gasteiger partial charge in [0.2, 0.25) is 6.04 Å². The van der Waals surface area contributed by atoms with Crippen LogP contribution in [0.3, 0.4) is 0 Å². The second-order valence-electron chi connectivity index (χ2n) is 3.53. The molecule has 8 nitrogen and oxygen atoms in total. The van der Waals surface area contributed by atoms with E-state index in [0.717, 1.165) is 7.11 Å². The minimum atomic E-state index is -1.32. The fraction of sp³-hybridized carbons (Fsp3) is 0.273. The van der Waals surface area contributed by atoms with Crippen molar-refractivity contribution in [2.75, 3.05) is 7.11 Å². The molecule has 0 heterocycles. The standard InChI is InChI=1S/C11H11N3O5/c1-7(15)10(11(16)19-2)13-12-8-3-5-9(6-4-8)14(17)18/h3-6,10H,1-2H3. The molecule has 0 aliphatic rings. The molecule has 100 valence electrons. The Morgan fingerprint density at radius 2 is 1.89 bits per heavy atom. The maximum atomic E-state index is 11.2. The number of ether oxygens (including phenoxy) is 1.